The molecule has 2 aromatic rings. The molecule has 23 heavy (non-hydrogen) atoms. The number of carboxylic acid groups (broad SMARTS) is 1. The Balaban J connectivity index is 1.75. The topological polar surface area (TPSA) is 88.3 Å². The second kappa shape index (κ2) is 6.20. The van der Waals surface area contributed by atoms with Crippen molar-refractivity contribution in [3.8, 4) is 5.69 Å². The first-order chi connectivity index (χ1) is 11.0. The van der Waals surface area contributed by atoms with E-state index in [2.05, 4.69) is 10.3 Å². The van der Waals surface area contributed by atoms with Gasteiger partial charge in [-0.2, -0.15) is 0 Å². The highest BCUT2D eigenvalue weighted by atomic mass is 16.4. The number of piperidine rings is 1. The summed E-state index contributed by atoms with van der Waals surface area (Å²) in [6.07, 6.45) is 2.88. The lowest BCUT2D eigenvalue weighted by Crippen LogP contribution is -2.42. The average Bonchev–Trinajstić information content (AvgIpc) is 3.05. The highest BCUT2D eigenvalue weighted by Crippen LogP contribution is 2.18. The van der Waals surface area contributed by atoms with Gasteiger partial charge >= 0.3 is 5.97 Å². The number of hydrogen-bond acceptors (Lipinski definition) is 4. The molecule has 1 aromatic heterocycles. The van der Waals surface area contributed by atoms with E-state index in [1.807, 2.05) is 31.2 Å². The van der Waals surface area contributed by atoms with Crippen molar-refractivity contribution in [2.45, 2.75) is 19.8 Å². The first-order valence-corrected chi connectivity index (χ1v) is 7.56. The van der Waals surface area contributed by atoms with E-state index in [0.717, 1.165) is 11.3 Å². The molecule has 0 bridgehead atoms. The number of nitrogens with zero attached hydrogens (tertiary/aromatic N) is 4. The van der Waals surface area contributed by atoms with Gasteiger partial charge in [0.1, 0.15) is 0 Å². The molecular formula is C16H18N4O3. The molecule has 1 fully saturated rings. The molecule has 7 nitrogen and oxygen atoms in total. The lowest BCUT2D eigenvalue weighted by atomic mass is 9.98. The van der Waals surface area contributed by atoms with Gasteiger partial charge in [-0.05, 0) is 31.9 Å². The van der Waals surface area contributed by atoms with Crippen LogP contribution in [-0.2, 0) is 4.79 Å². The van der Waals surface area contributed by atoms with E-state index in [-0.39, 0.29) is 18.1 Å². The number of carboxylic acids is 1. The summed E-state index contributed by atoms with van der Waals surface area (Å²) in [5, 5.41) is 17.0. The number of aliphatic carboxylic acids is 1. The molecule has 7 heteroatoms. The Morgan fingerprint density at radius 2 is 2.00 bits per heavy atom. The average molecular weight is 314 g/mol. The minimum absolute atomic E-state index is 0.228. The predicted octanol–water partition coefficient (Wildman–Crippen LogP) is 1.51. The number of aromatic nitrogens is 3. The number of hydrogen-bond donors (Lipinski definition) is 1. The van der Waals surface area contributed by atoms with Crippen molar-refractivity contribution in [1.29, 1.82) is 0 Å². The van der Waals surface area contributed by atoms with Gasteiger partial charge in [-0.25, -0.2) is 4.68 Å². The smallest absolute Gasteiger partial charge is 0.308 e. The molecule has 3 rings (SSSR count). The van der Waals surface area contributed by atoms with Crippen LogP contribution in [0.5, 0.6) is 0 Å². The summed E-state index contributed by atoms with van der Waals surface area (Å²) >= 11 is 0. The lowest BCUT2D eigenvalue weighted by molar-refractivity contribution is -0.143. The Morgan fingerprint density at radius 1 is 1.26 bits per heavy atom. The van der Waals surface area contributed by atoms with Gasteiger partial charge in [0.2, 0.25) is 0 Å². The molecule has 2 heterocycles. The van der Waals surface area contributed by atoms with Crippen LogP contribution < -0.4 is 0 Å². The fraction of sp³-hybridized carbons (Fsp3) is 0.375. The largest absolute Gasteiger partial charge is 0.481 e. The van der Waals surface area contributed by atoms with Crippen LogP contribution in [0.4, 0.5) is 0 Å². The number of carbonyl (C=O) groups excluding carboxylic acids is 1. The van der Waals surface area contributed by atoms with Crippen molar-refractivity contribution in [2.24, 2.45) is 5.92 Å². The van der Waals surface area contributed by atoms with Crippen LogP contribution in [0, 0.1) is 12.8 Å². The van der Waals surface area contributed by atoms with Crippen LogP contribution in [0.15, 0.2) is 30.5 Å². The molecule has 1 atom stereocenters. The second-order valence-electron chi connectivity index (χ2n) is 5.81. The Bertz CT molecular complexity index is 723. The molecule has 1 unspecified atom stereocenters. The Kier molecular flexibility index (Phi) is 4.10. The van der Waals surface area contributed by atoms with Gasteiger partial charge in [0.05, 0.1) is 17.8 Å². The van der Waals surface area contributed by atoms with E-state index in [1.54, 1.807) is 15.8 Å². The van der Waals surface area contributed by atoms with Crippen LogP contribution >= 0.6 is 0 Å². The summed E-state index contributed by atoms with van der Waals surface area (Å²) in [5.41, 5.74) is 2.19. The predicted molar refractivity (Wildman–Crippen MR) is 82.4 cm³/mol. The van der Waals surface area contributed by atoms with Gasteiger partial charge < -0.3 is 10.0 Å². The van der Waals surface area contributed by atoms with Gasteiger partial charge in [-0.3, -0.25) is 9.59 Å². The molecular weight excluding hydrogens is 296 g/mol. The molecule has 0 spiro atoms. The van der Waals surface area contributed by atoms with Crippen LogP contribution in [0.3, 0.4) is 0 Å². The quantitative estimate of drug-likeness (QED) is 0.928. The van der Waals surface area contributed by atoms with Gasteiger partial charge in [0.15, 0.2) is 5.69 Å². The molecule has 0 radical (unpaired) electrons. The van der Waals surface area contributed by atoms with Crippen LogP contribution in [-0.4, -0.2) is 50.0 Å². The van der Waals surface area contributed by atoms with Crippen molar-refractivity contribution in [2.75, 3.05) is 13.1 Å². The van der Waals surface area contributed by atoms with E-state index in [0.29, 0.717) is 19.4 Å². The number of aryl methyl sites for hydroxylation is 1. The fourth-order valence-electron chi connectivity index (χ4n) is 2.71. The number of carbonyl (C=O) groups is 2. The second-order valence-corrected chi connectivity index (χ2v) is 5.81. The number of amides is 1. The van der Waals surface area contributed by atoms with Gasteiger partial charge in [-0.1, -0.05) is 22.9 Å². The van der Waals surface area contributed by atoms with Gasteiger partial charge in [-0.15, -0.1) is 5.10 Å². The van der Waals surface area contributed by atoms with Crippen molar-refractivity contribution < 1.29 is 14.7 Å². The van der Waals surface area contributed by atoms with Crippen LogP contribution in [0.2, 0.25) is 0 Å². The fourth-order valence-corrected chi connectivity index (χ4v) is 2.71. The zero-order valence-corrected chi connectivity index (χ0v) is 12.8. The van der Waals surface area contributed by atoms with E-state index in [9.17, 15) is 9.59 Å². The minimum atomic E-state index is -0.856. The highest BCUT2D eigenvalue weighted by Gasteiger charge is 2.29. The van der Waals surface area contributed by atoms with Crippen molar-refractivity contribution >= 4 is 11.9 Å². The number of benzene rings is 1. The van der Waals surface area contributed by atoms with Crippen LogP contribution in [0.25, 0.3) is 5.69 Å². The standard InChI is InChI=1S/C16H18N4O3/c1-11-4-6-13(7-5-11)20-10-14(17-18-20)15(21)19-8-2-3-12(9-19)16(22)23/h4-7,10,12H,2-3,8-9H2,1H3,(H,22,23). The first kappa shape index (κ1) is 15.2. The summed E-state index contributed by atoms with van der Waals surface area (Å²) in [4.78, 5) is 25.1. The summed E-state index contributed by atoms with van der Waals surface area (Å²) in [7, 11) is 0. The van der Waals surface area contributed by atoms with Crippen molar-refractivity contribution in [1.82, 2.24) is 19.9 Å². The van der Waals surface area contributed by atoms with Crippen molar-refractivity contribution in [3.63, 3.8) is 0 Å². The summed E-state index contributed by atoms with van der Waals surface area (Å²) < 4.78 is 1.55. The Hall–Kier alpha value is -2.70. The zero-order valence-electron chi connectivity index (χ0n) is 12.8. The van der Waals surface area contributed by atoms with Crippen molar-refractivity contribution in [3.05, 3.63) is 41.7 Å². The maximum absolute atomic E-state index is 12.5. The third-order valence-electron chi connectivity index (χ3n) is 4.07. The summed E-state index contributed by atoms with van der Waals surface area (Å²) in [6.45, 7) is 2.78. The molecule has 1 N–H and O–H groups in total. The monoisotopic (exact) mass is 314 g/mol. The first-order valence-electron chi connectivity index (χ1n) is 7.56. The van der Waals surface area contributed by atoms with E-state index >= 15 is 0 Å². The zero-order chi connectivity index (χ0) is 16.4. The maximum Gasteiger partial charge on any atom is 0.308 e. The third kappa shape index (κ3) is 3.23. The Labute approximate surface area is 133 Å². The van der Waals surface area contributed by atoms with E-state index < -0.39 is 11.9 Å². The van der Waals surface area contributed by atoms with E-state index in [4.69, 9.17) is 5.11 Å². The third-order valence-corrected chi connectivity index (χ3v) is 4.07. The molecule has 1 aliphatic heterocycles. The molecule has 120 valence electrons. The molecule has 0 saturated carbocycles. The highest BCUT2D eigenvalue weighted by molar-refractivity contribution is 5.92. The molecule has 1 aromatic carbocycles. The molecule has 1 saturated heterocycles. The number of likely N-dealkylation sites (tertiary alicyclic amines) is 1. The molecule has 1 aliphatic rings. The van der Waals surface area contributed by atoms with Gasteiger partial charge in [0.25, 0.3) is 5.91 Å². The van der Waals surface area contributed by atoms with Crippen LogP contribution in [0.1, 0.15) is 28.9 Å². The SMILES string of the molecule is Cc1ccc(-n2cc(C(=O)N3CCCC(C(=O)O)C3)nn2)cc1. The Morgan fingerprint density at radius 3 is 2.70 bits per heavy atom. The normalized spacial score (nSPS) is 18.0. The minimum Gasteiger partial charge on any atom is -0.481 e. The molecule has 1 amide bonds. The molecule has 0 aliphatic carbocycles. The lowest BCUT2D eigenvalue weighted by Gasteiger charge is -2.29. The summed E-state index contributed by atoms with van der Waals surface area (Å²) in [6, 6.07) is 7.72. The van der Waals surface area contributed by atoms with E-state index in [1.165, 1.54) is 0 Å². The maximum atomic E-state index is 12.5. The van der Waals surface area contributed by atoms with Gasteiger partial charge in [0, 0.05) is 13.1 Å². The number of rotatable bonds is 3. The summed E-state index contributed by atoms with van der Waals surface area (Å²) in [5.74, 6) is -1.63.